The lowest BCUT2D eigenvalue weighted by molar-refractivity contribution is -0.115. The number of carbonyl (C=O) groups excluding carboxylic acids is 1. The predicted octanol–water partition coefficient (Wildman–Crippen LogP) is 5.41. The van der Waals surface area contributed by atoms with E-state index >= 15 is 0 Å². The van der Waals surface area contributed by atoms with Crippen LogP contribution in [-0.2, 0) is 30.8 Å². The van der Waals surface area contributed by atoms with Crippen LogP contribution >= 0.6 is 11.3 Å². The highest BCUT2D eigenvalue weighted by Crippen LogP contribution is 2.25. The van der Waals surface area contributed by atoms with Crippen molar-refractivity contribution in [3.63, 3.8) is 0 Å². The van der Waals surface area contributed by atoms with Crippen LogP contribution in [0, 0.1) is 6.92 Å². The van der Waals surface area contributed by atoms with Crippen LogP contribution in [0.2, 0.25) is 0 Å². The summed E-state index contributed by atoms with van der Waals surface area (Å²) in [5.41, 5.74) is 5.09. The van der Waals surface area contributed by atoms with Crippen molar-refractivity contribution in [1.29, 1.82) is 0 Å². The summed E-state index contributed by atoms with van der Waals surface area (Å²) in [6, 6.07) is 15.8. The Morgan fingerprint density at radius 1 is 1.12 bits per heavy atom. The molecule has 0 aliphatic carbocycles. The van der Waals surface area contributed by atoms with E-state index in [1.807, 2.05) is 67.0 Å². The quantitative estimate of drug-likeness (QED) is 0.402. The molecule has 0 unspecified atom stereocenters. The van der Waals surface area contributed by atoms with Gasteiger partial charge in [0.15, 0.2) is 0 Å². The van der Waals surface area contributed by atoms with Crippen molar-refractivity contribution in [3.05, 3.63) is 82.1 Å². The second kappa shape index (κ2) is 9.58. The lowest BCUT2D eigenvalue weighted by atomic mass is 10.1. The number of ether oxygens (including phenoxy) is 1. The molecule has 0 saturated heterocycles. The topological polar surface area (TPSA) is 69.0 Å². The third-order valence-electron chi connectivity index (χ3n) is 5.75. The number of hydrogen-bond acceptors (Lipinski definition) is 5. The van der Waals surface area contributed by atoms with E-state index in [9.17, 15) is 4.79 Å². The lowest BCUT2D eigenvalue weighted by Gasteiger charge is -2.16. The van der Waals surface area contributed by atoms with Gasteiger partial charge in [0.25, 0.3) is 0 Å². The lowest BCUT2D eigenvalue weighted by Crippen LogP contribution is -2.14. The fourth-order valence-corrected chi connectivity index (χ4v) is 4.72. The molecule has 1 N–H and O–H groups in total. The van der Waals surface area contributed by atoms with Gasteiger partial charge in [-0.25, -0.2) is 9.97 Å². The van der Waals surface area contributed by atoms with Gasteiger partial charge in [0.05, 0.1) is 12.1 Å². The van der Waals surface area contributed by atoms with Crippen LogP contribution in [0.25, 0.3) is 11.4 Å². The highest BCUT2D eigenvalue weighted by Gasteiger charge is 2.15. The number of aryl methyl sites for hydroxylation is 2. The number of thiazole rings is 1. The van der Waals surface area contributed by atoms with E-state index in [0.717, 1.165) is 46.5 Å². The van der Waals surface area contributed by atoms with Crippen LogP contribution in [0.4, 0.5) is 5.69 Å². The van der Waals surface area contributed by atoms with Gasteiger partial charge in [0, 0.05) is 35.1 Å². The number of hydrogen-bond donors (Lipinski definition) is 1. The van der Waals surface area contributed by atoms with Crippen LogP contribution < -0.4 is 10.1 Å². The molecule has 5 rings (SSSR count). The zero-order valence-corrected chi connectivity index (χ0v) is 19.4. The Labute approximate surface area is 197 Å². The number of imidazole rings is 1. The minimum atomic E-state index is -0.0859. The molecule has 33 heavy (non-hydrogen) atoms. The molecule has 0 bridgehead atoms. The van der Waals surface area contributed by atoms with Crippen LogP contribution in [0.5, 0.6) is 5.75 Å². The van der Waals surface area contributed by atoms with E-state index in [-0.39, 0.29) is 12.3 Å². The summed E-state index contributed by atoms with van der Waals surface area (Å²) in [4.78, 5) is 21.7. The second-order valence-electron chi connectivity index (χ2n) is 8.32. The second-order valence-corrected chi connectivity index (χ2v) is 9.26. The maximum absolute atomic E-state index is 12.5. The normalized spacial score (nSPS) is 12.9. The summed E-state index contributed by atoms with van der Waals surface area (Å²) in [5, 5.41) is 5.73. The minimum absolute atomic E-state index is 0.0859. The summed E-state index contributed by atoms with van der Waals surface area (Å²) in [5.74, 6) is 1.73. The van der Waals surface area contributed by atoms with Gasteiger partial charge in [-0.05, 0) is 62.6 Å². The highest BCUT2D eigenvalue weighted by molar-refractivity contribution is 7.09. The zero-order valence-electron chi connectivity index (χ0n) is 18.6. The monoisotopic (exact) mass is 458 g/mol. The van der Waals surface area contributed by atoms with Crippen molar-refractivity contribution >= 4 is 22.9 Å². The van der Waals surface area contributed by atoms with Crippen molar-refractivity contribution in [3.8, 4) is 17.1 Å². The summed E-state index contributed by atoms with van der Waals surface area (Å²) >= 11 is 1.51. The maximum Gasteiger partial charge on any atom is 0.230 e. The predicted molar refractivity (Wildman–Crippen MR) is 131 cm³/mol. The zero-order chi connectivity index (χ0) is 22.6. The molecule has 1 aliphatic rings. The Bertz CT molecular complexity index is 1240. The molecule has 0 saturated carbocycles. The van der Waals surface area contributed by atoms with E-state index in [4.69, 9.17) is 4.74 Å². The molecule has 2 aromatic carbocycles. The number of rotatable bonds is 7. The molecule has 0 radical (unpaired) electrons. The van der Waals surface area contributed by atoms with E-state index in [1.54, 1.807) is 0 Å². The van der Waals surface area contributed by atoms with Crippen LogP contribution in [0.3, 0.4) is 0 Å². The number of nitrogens with zero attached hydrogens (tertiary/aromatic N) is 3. The average molecular weight is 459 g/mol. The number of amides is 1. The summed E-state index contributed by atoms with van der Waals surface area (Å²) in [7, 11) is 0. The van der Waals surface area contributed by atoms with Crippen molar-refractivity contribution in [2.75, 3.05) is 5.32 Å². The van der Waals surface area contributed by atoms with Crippen molar-refractivity contribution in [2.24, 2.45) is 0 Å². The fourth-order valence-electron chi connectivity index (χ4n) is 4.01. The summed E-state index contributed by atoms with van der Waals surface area (Å²) in [6.45, 7) is 3.46. The molecule has 4 aromatic rings. The highest BCUT2D eigenvalue weighted by atomic mass is 32.1. The van der Waals surface area contributed by atoms with Crippen LogP contribution in [-0.4, -0.2) is 20.4 Å². The first-order valence-corrected chi connectivity index (χ1v) is 12.1. The summed E-state index contributed by atoms with van der Waals surface area (Å²) < 4.78 is 8.08. The molecule has 0 fully saturated rings. The van der Waals surface area contributed by atoms with Crippen molar-refractivity contribution < 1.29 is 9.53 Å². The minimum Gasteiger partial charge on any atom is -0.486 e. The standard InChI is InChI=1S/C26H26N4O2S/c1-18-5-11-23(12-6-18)32-16-25-29-21(17-33-25)14-24(31)28-20-9-7-19(8-10-20)26-27-15-22-4-2-3-13-30(22)26/h5-12,15,17H,2-4,13-14,16H2,1H3,(H,28,31). The Morgan fingerprint density at radius 3 is 2.76 bits per heavy atom. The van der Waals surface area contributed by atoms with E-state index in [0.29, 0.717) is 6.61 Å². The molecule has 1 aliphatic heterocycles. The van der Waals surface area contributed by atoms with Crippen molar-refractivity contribution in [1.82, 2.24) is 14.5 Å². The average Bonchev–Trinajstić information content (AvgIpc) is 3.46. The van der Waals surface area contributed by atoms with Gasteiger partial charge in [-0.1, -0.05) is 17.7 Å². The third kappa shape index (κ3) is 5.14. The van der Waals surface area contributed by atoms with Crippen molar-refractivity contribution in [2.45, 2.75) is 45.8 Å². The van der Waals surface area contributed by atoms with E-state index < -0.39 is 0 Å². The van der Waals surface area contributed by atoms with Gasteiger partial charge < -0.3 is 14.6 Å². The Morgan fingerprint density at radius 2 is 1.94 bits per heavy atom. The third-order valence-corrected chi connectivity index (χ3v) is 6.63. The van der Waals surface area contributed by atoms with Gasteiger partial charge in [-0.15, -0.1) is 11.3 Å². The van der Waals surface area contributed by atoms with Gasteiger partial charge in [0.1, 0.15) is 23.2 Å². The molecular weight excluding hydrogens is 432 g/mol. The molecule has 3 heterocycles. The maximum atomic E-state index is 12.5. The van der Waals surface area contributed by atoms with E-state index in [2.05, 4.69) is 19.9 Å². The van der Waals surface area contributed by atoms with Crippen LogP contribution in [0.15, 0.2) is 60.1 Å². The first-order chi connectivity index (χ1) is 16.1. The van der Waals surface area contributed by atoms with Gasteiger partial charge in [0.2, 0.25) is 5.91 Å². The van der Waals surface area contributed by atoms with Gasteiger partial charge in [-0.3, -0.25) is 4.79 Å². The van der Waals surface area contributed by atoms with Gasteiger partial charge >= 0.3 is 0 Å². The Kier molecular flexibility index (Phi) is 6.21. The molecule has 1 amide bonds. The van der Waals surface area contributed by atoms with Crippen LogP contribution in [0.1, 0.15) is 34.8 Å². The molecule has 0 spiro atoms. The SMILES string of the molecule is Cc1ccc(OCc2nc(CC(=O)Nc3ccc(-c4ncc5n4CCCC5)cc3)cs2)cc1. The number of aromatic nitrogens is 3. The molecular formula is C26H26N4O2S. The number of carbonyl (C=O) groups is 1. The van der Waals surface area contributed by atoms with E-state index in [1.165, 1.54) is 35.4 Å². The summed E-state index contributed by atoms with van der Waals surface area (Å²) in [6.07, 6.45) is 5.74. The molecule has 0 atom stereocenters. The Balaban J connectivity index is 1.15. The fraction of sp³-hybridized carbons (Fsp3) is 0.269. The molecule has 6 nitrogen and oxygen atoms in total. The number of fused-ring (bicyclic) bond motifs is 1. The smallest absolute Gasteiger partial charge is 0.230 e. The Hall–Kier alpha value is -3.45. The largest absolute Gasteiger partial charge is 0.486 e. The number of nitrogens with one attached hydrogen (secondary N) is 1. The molecule has 168 valence electrons. The number of anilines is 1. The van der Waals surface area contributed by atoms with Gasteiger partial charge in [-0.2, -0.15) is 0 Å². The number of benzene rings is 2. The molecule has 7 heteroatoms. The molecule has 2 aromatic heterocycles. The first-order valence-electron chi connectivity index (χ1n) is 11.2. The first kappa shape index (κ1) is 21.4.